The largest absolute Gasteiger partial charge is 0.475 e. The molecule has 0 spiro atoms. The number of aryl methyl sites for hydroxylation is 1. The molecule has 2 aromatic carbocycles. The Morgan fingerprint density at radius 2 is 1.46 bits per heavy atom. The zero-order valence-corrected chi connectivity index (χ0v) is 13.2. The number of carboxylic acids is 1. The summed E-state index contributed by atoms with van der Waals surface area (Å²) in [7, 11) is 0. The standard InChI is InChI=1S/C19H19NO4/c21-17(19(23)24)14-18(22)20(16-11-5-2-6-12-16)13-7-10-15-8-3-1-4-9-15/h1-6,8-9,11-12H,7,10,13-14H2,(H,23,24). The Balaban J connectivity index is 2.04. The SMILES string of the molecule is O=C(O)C(=O)CC(=O)N(CCCc1ccccc1)c1ccccc1. The Kier molecular flexibility index (Phi) is 6.25. The van der Waals surface area contributed by atoms with Gasteiger partial charge >= 0.3 is 5.97 Å². The molecule has 0 fully saturated rings. The van der Waals surface area contributed by atoms with Crippen molar-refractivity contribution in [3.05, 3.63) is 66.2 Å². The lowest BCUT2D eigenvalue weighted by Crippen LogP contribution is -2.34. The van der Waals surface area contributed by atoms with Crippen LogP contribution in [0.2, 0.25) is 0 Å². The second-order valence-corrected chi connectivity index (χ2v) is 5.38. The molecule has 24 heavy (non-hydrogen) atoms. The maximum absolute atomic E-state index is 12.3. The first-order chi connectivity index (χ1) is 11.6. The van der Waals surface area contributed by atoms with Gasteiger partial charge in [-0.3, -0.25) is 9.59 Å². The van der Waals surface area contributed by atoms with Crippen molar-refractivity contribution in [2.75, 3.05) is 11.4 Å². The number of hydrogen-bond donors (Lipinski definition) is 1. The van der Waals surface area contributed by atoms with Crippen LogP contribution in [-0.4, -0.2) is 29.3 Å². The molecule has 1 amide bonds. The minimum Gasteiger partial charge on any atom is -0.475 e. The van der Waals surface area contributed by atoms with E-state index in [1.54, 1.807) is 24.3 Å². The molecule has 5 nitrogen and oxygen atoms in total. The number of carboxylic acid groups (broad SMARTS) is 1. The molecule has 2 aromatic rings. The average Bonchev–Trinajstić information content (AvgIpc) is 2.60. The molecule has 0 radical (unpaired) electrons. The average molecular weight is 325 g/mol. The van der Waals surface area contributed by atoms with Gasteiger partial charge < -0.3 is 10.0 Å². The van der Waals surface area contributed by atoms with Crippen molar-refractivity contribution in [3.8, 4) is 0 Å². The fourth-order valence-electron chi connectivity index (χ4n) is 2.40. The van der Waals surface area contributed by atoms with Gasteiger partial charge in [-0.15, -0.1) is 0 Å². The minimum absolute atomic E-state index is 0.421. The van der Waals surface area contributed by atoms with E-state index in [9.17, 15) is 14.4 Å². The van der Waals surface area contributed by atoms with E-state index >= 15 is 0 Å². The summed E-state index contributed by atoms with van der Waals surface area (Å²) >= 11 is 0. The third-order valence-electron chi connectivity index (χ3n) is 3.61. The number of para-hydroxylation sites is 1. The van der Waals surface area contributed by atoms with Gasteiger partial charge in [-0.1, -0.05) is 48.5 Å². The molecule has 0 heterocycles. The Morgan fingerprint density at radius 1 is 0.875 bits per heavy atom. The van der Waals surface area contributed by atoms with E-state index in [1.807, 2.05) is 36.4 Å². The van der Waals surface area contributed by atoms with Crippen LogP contribution in [0.15, 0.2) is 60.7 Å². The van der Waals surface area contributed by atoms with E-state index < -0.39 is 24.1 Å². The Hall–Kier alpha value is -2.95. The van der Waals surface area contributed by atoms with Gasteiger partial charge in [0, 0.05) is 12.2 Å². The number of carbonyl (C=O) groups is 3. The smallest absolute Gasteiger partial charge is 0.372 e. The minimum atomic E-state index is -1.58. The van der Waals surface area contributed by atoms with Crippen LogP contribution in [-0.2, 0) is 20.8 Å². The summed E-state index contributed by atoms with van der Waals surface area (Å²) in [6.07, 6.45) is 0.881. The van der Waals surface area contributed by atoms with Crippen LogP contribution in [0, 0.1) is 0 Å². The summed E-state index contributed by atoms with van der Waals surface area (Å²) in [4.78, 5) is 35.8. The van der Waals surface area contributed by atoms with Gasteiger partial charge in [0.05, 0.1) is 6.42 Å². The zero-order chi connectivity index (χ0) is 17.4. The second kappa shape index (κ2) is 8.62. The summed E-state index contributed by atoms with van der Waals surface area (Å²) in [6.45, 7) is 0.421. The number of benzene rings is 2. The summed E-state index contributed by atoms with van der Waals surface area (Å²) in [5.74, 6) is -3.17. The molecule has 0 bridgehead atoms. The molecule has 0 saturated heterocycles. The number of carbonyl (C=O) groups excluding carboxylic acids is 2. The molecular weight excluding hydrogens is 306 g/mol. The number of hydrogen-bond acceptors (Lipinski definition) is 3. The summed E-state index contributed by atoms with van der Waals surface area (Å²) < 4.78 is 0. The molecule has 124 valence electrons. The molecule has 0 aliphatic carbocycles. The third-order valence-corrected chi connectivity index (χ3v) is 3.61. The van der Waals surface area contributed by atoms with Crippen LogP contribution in [0.3, 0.4) is 0 Å². The predicted octanol–water partition coefficient (Wildman–Crippen LogP) is 2.70. The van der Waals surface area contributed by atoms with E-state index in [-0.39, 0.29) is 0 Å². The number of Topliss-reactive ketones (excluding diaryl/α,β-unsaturated/α-hetero) is 1. The normalized spacial score (nSPS) is 10.2. The van der Waals surface area contributed by atoms with E-state index in [0.717, 1.165) is 6.42 Å². The quantitative estimate of drug-likeness (QED) is 0.598. The molecule has 0 saturated carbocycles. The van der Waals surface area contributed by atoms with Crippen LogP contribution >= 0.6 is 0 Å². The number of amides is 1. The fourth-order valence-corrected chi connectivity index (χ4v) is 2.40. The van der Waals surface area contributed by atoms with Gasteiger partial charge in [-0.25, -0.2) is 4.79 Å². The predicted molar refractivity (Wildman–Crippen MR) is 90.8 cm³/mol. The van der Waals surface area contributed by atoms with E-state index in [0.29, 0.717) is 18.7 Å². The molecule has 0 aliphatic rings. The first kappa shape index (κ1) is 17.4. The van der Waals surface area contributed by atoms with Crippen molar-refractivity contribution in [1.82, 2.24) is 0 Å². The maximum Gasteiger partial charge on any atom is 0.372 e. The molecule has 0 unspecified atom stereocenters. The van der Waals surface area contributed by atoms with Crippen LogP contribution in [0.1, 0.15) is 18.4 Å². The van der Waals surface area contributed by atoms with Crippen LogP contribution in [0.4, 0.5) is 5.69 Å². The zero-order valence-electron chi connectivity index (χ0n) is 13.2. The molecule has 2 rings (SSSR count). The molecule has 5 heteroatoms. The van der Waals surface area contributed by atoms with Gasteiger partial charge in [0.25, 0.3) is 0 Å². The highest BCUT2D eigenvalue weighted by Crippen LogP contribution is 2.16. The topological polar surface area (TPSA) is 74.7 Å². The van der Waals surface area contributed by atoms with Crippen molar-refractivity contribution in [3.63, 3.8) is 0 Å². The van der Waals surface area contributed by atoms with Crippen molar-refractivity contribution < 1.29 is 19.5 Å². The third kappa shape index (κ3) is 5.05. The molecule has 0 aromatic heterocycles. The van der Waals surface area contributed by atoms with Crippen molar-refractivity contribution in [2.45, 2.75) is 19.3 Å². The number of aliphatic carboxylic acids is 1. The first-order valence-electron chi connectivity index (χ1n) is 7.73. The highest BCUT2D eigenvalue weighted by molar-refractivity contribution is 6.36. The Morgan fingerprint density at radius 3 is 2.04 bits per heavy atom. The number of ketones is 1. The van der Waals surface area contributed by atoms with Crippen molar-refractivity contribution >= 4 is 23.3 Å². The lowest BCUT2D eigenvalue weighted by atomic mass is 10.1. The second-order valence-electron chi connectivity index (χ2n) is 5.38. The summed E-state index contributed by atoms with van der Waals surface area (Å²) in [5, 5.41) is 8.69. The molecular formula is C19H19NO4. The monoisotopic (exact) mass is 325 g/mol. The van der Waals surface area contributed by atoms with Crippen molar-refractivity contribution in [2.24, 2.45) is 0 Å². The van der Waals surface area contributed by atoms with Gasteiger partial charge in [0.2, 0.25) is 11.7 Å². The van der Waals surface area contributed by atoms with E-state index in [4.69, 9.17) is 5.11 Å². The Bertz CT molecular complexity index is 698. The van der Waals surface area contributed by atoms with Gasteiger partial charge in [0.1, 0.15) is 0 Å². The first-order valence-corrected chi connectivity index (χ1v) is 7.73. The van der Waals surface area contributed by atoms with E-state index in [1.165, 1.54) is 10.5 Å². The maximum atomic E-state index is 12.3. The van der Waals surface area contributed by atoms with Crippen LogP contribution in [0.25, 0.3) is 0 Å². The number of nitrogens with zero attached hydrogens (tertiary/aromatic N) is 1. The summed E-state index contributed by atoms with van der Waals surface area (Å²) in [5.41, 5.74) is 1.83. The van der Waals surface area contributed by atoms with Crippen LogP contribution in [0.5, 0.6) is 0 Å². The number of anilines is 1. The van der Waals surface area contributed by atoms with Crippen LogP contribution < -0.4 is 4.90 Å². The van der Waals surface area contributed by atoms with E-state index in [2.05, 4.69) is 0 Å². The molecule has 1 N–H and O–H groups in total. The molecule has 0 aliphatic heterocycles. The highest BCUT2D eigenvalue weighted by Gasteiger charge is 2.22. The fraction of sp³-hybridized carbons (Fsp3) is 0.211. The highest BCUT2D eigenvalue weighted by atomic mass is 16.4. The molecule has 0 atom stereocenters. The Labute approximate surface area is 140 Å². The van der Waals surface area contributed by atoms with Gasteiger partial charge in [-0.2, -0.15) is 0 Å². The summed E-state index contributed by atoms with van der Waals surface area (Å²) in [6, 6.07) is 18.9. The van der Waals surface area contributed by atoms with Crippen molar-refractivity contribution in [1.29, 1.82) is 0 Å². The lowest BCUT2D eigenvalue weighted by molar-refractivity contribution is -0.150. The van der Waals surface area contributed by atoms with Gasteiger partial charge in [0.15, 0.2) is 0 Å². The number of rotatable bonds is 8. The van der Waals surface area contributed by atoms with Gasteiger partial charge in [-0.05, 0) is 30.5 Å². The lowest BCUT2D eigenvalue weighted by Gasteiger charge is -2.22.